The van der Waals surface area contributed by atoms with Crippen molar-refractivity contribution in [3.63, 3.8) is 0 Å². The predicted octanol–water partition coefficient (Wildman–Crippen LogP) is 5.35. The highest BCUT2D eigenvalue weighted by Crippen LogP contribution is 2.51. The molecule has 0 bridgehead atoms. The highest BCUT2D eigenvalue weighted by atomic mass is 35.5. The smallest absolute Gasteiger partial charge is 0.251 e. The number of fused-ring (bicyclic) bond motifs is 1. The zero-order chi connectivity index (χ0) is 25.7. The van der Waals surface area contributed by atoms with Crippen molar-refractivity contribution in [2.24, 2.45) is 5.10 Å². The standard InChI is InChI=1S/C27H21Cl2N5O3/c1-27(22(28)25(35)33(27)20-9-5-6-10-21(20)36-2)34-26(37-24(32-34)16-11-13-30-14-12-16)18-15-17-7-3-4-8-19(17)31-23(18)29/h3-15,22,26H,1-2H3. The van der Waals surface area contributed by atoms with Gasteiger partial charge in [-0.3, -0.25) is 14.7 Å². The summed E-state index contributed by atoms with van der Waals surface area (Å²) in [6, 6.07) is 20.5. The molecule has 2 aromatic carbocycles. The van der Waals surface area contributed by atoms with E-state index >= 15 is 0 Å². The lowest BCUT2D eigenvalue weighted by atomic mass is 9.91. The first-order valence-electron chi connectivity index (χ1n) is 11.5. The average Bonchev–Trinajstić information content (AvgIpc) is 3.39. The van der Waals surface area contributed by atoms with Crippen molar-refractivity contribution in [1.82, 2.24) is 15.0 Å². The van der Waals surface area contributed by atoms with Crippen LogP contribution in [0, 0.1) is 0 Å². The summed E-state index contributed by atoms with van der Waals surface area (Å²) in [7, 11) is 1.56. The molecule has 2 aliphatic rings. The Balaban J connectivity index is 1.51. The van der Waals surface area contributed by atoms with Gasteiger partial charge < -0.3 is 9.47 Å². The van der Waals surface area contributed by atoms with E-state index in [0.717, 1.165) is 16.5 Å². The normalized spacial score (nSPS) is 23.0. The zero-order valence-corrected chi connectivity index (χ0v) is 21.4. The van der Waals surface area contributed by atoms with Crippen LogP contribution >= 0.6 is 23.2 Å². The Bertz CT molecular complexity index is 1550. The maximum Gasteiger partial charge on any atom is 0.251 e. The fourth-order valence-electron chi connectivity index (χ4n) is 4.78. The quantitative estimate of drug-likeness (QED) is 0.195. The van der Waals surface area contributed by atoms with Crippen LogP contribution < -0.4 is 9.64 Å². The summed E-state index contributed by atoms with van der Waals surface area (Å²) in [5.74, 6) is 0.606. The maximum absolute atomic E-state index is 13.2. The molecule has 8 nitrogen and oxygen atoms in total. The van der Waals surface area contributed by atoms with Crippen molar-refractivity contribution in [2.45, 2.75) is 24.2 Å². The van der Waals surface area contributed by atoms with Crippen molar-refractivity contribution >= 4 is 51.6 Å². The topological polar surface area (TPSA) is 80.2 Å². The van der Waals surface area contributed by atoms with Gasteiger partial charge in [-0.15, -0.1) is 16.7 Å². The summed E-state index contributed by atoms with van der Waals surface area (Å²) in [6.07, 6.45) is 2.50. The minimum absolute atomic E-state index is 0.268. The molecule has 6 rings (SSSR count). The Hall–Kier alpha value is -3.88. The number of β-lactam (4-membered cyclic amide) rings is 1. The van der Waals surface area contributed by atoms with E-state index in [4.69, 9.17) is 37.8 Å². The summed E-state index contributed by atoms with van der Waals surface area (Å²) in [4.78, 5) is 23.5. The fraction of sp³-hybridized carbons (Fsp3) is 0.185. The van der Waals surface area contributed by atoms with E-state index < -0.39 is 17.3 Å². The summed E-state index contributed by atoms with van der Waals surface area (Å²) in [6.45, 7) is 1.84. The van der Waals surface area contributed by atoms with Gasteiger partial charge in [-0.05, 0) is 43.3 Å². The third-order valence-corrected chi connectivity index (χ3v) is 7.60. The summed E-state index contributed by atoms with van der Waals surface area (Å²) in [5, 5.41) is 6.77. The average molecular weight is 534 g/mol. The largest absolute Gasteiger partial charge is 0.495 e. The van der Waals surface area contributed by atoms with E-state index in [1.165, 1.54) is 0 Å². The number of halogens is 2. The number of nitrogens with zero attached hydrogens (tertiary/aromatic N) is 5. The number of hydrogen-bond donors (Lipinski definition) is 0. The van der Waals surface area contributed by atoms with Crippen molar-refractivity contribution in [2.75, 3.05) is 12.0 Å². The van der Waals surface area contributed by atoms with Gasteiger partial charge in [0.05, 0.1) is 23.9 Å². The minimum atomic E-state index is -1.12. The van der Waals surface area contributed by atoms with Crippen LogP contribution in [0.2, 0.25) is 5.15 Å². The molecule has 2 aromatic heterocycles. The third-order valence-electron chi connectivity index (χ3n) is 6.70. The number of alkyl halides is 1. The Kier molecular flexibility index (Phi) is 5.66. The molecular formula is C27H21Cl2N5O3. The number of amides is 1. The first-order valence-corrected chi connectivity index (χ1v) is 12.4. The molecule has 3 atom stereocenters. The second-order valence-corrected chi connectivity index (χ2v) is 9.61. The van der Waals surface area contributed by atoms with Gasteiger partial charge in [0.15, 0.2) is 11.0 Å². The molecule has 0 saturated carbocycles. The van der Waals surface area contributed by atoms with Gasteiger partial charge in [0, 0.05) is 23.3 Å². The Labute approximate surface area is 223 Å². The highest BCUT2D eigenvalue weighted by molar-refractivity contribution is 6.38. The molecule has 4 aromatic rings. The molecule has 10 heteroatoms. The molecule has 4 heterocycles. The van der Waals surface area contributed by atoms with Crippen LogP contribution in [-0.2, 0) is 9.53 Å². The molecule has 2 aliphatic heterocycles. The molecule has 1 saturated heterocycles. The van der Waals surface area contributed by atoms with E-state index in [9.17, 15) is 4.79 Å². The maximum atomic E-state index is 13.2. The number of methoxy groups -OCH3 is 1. The first-order chi connectivity index (χ1) is 17.9. The molecular weight excluding hydrogens is 513 g/mol. The zero-order valence-electron chi connectivity index (χ0n) is 19.9. The van der Waals surface area contributed by atoms with Crippen LogP contribution in [0.5, 0.6) is 5.75 Å². The lowest BCUT2D eigenvalue weighted by molar-refractivity contribution is -0.138. The molecule has 0 N–H and O–H groups in total. The number of benzene rings is 2. The van der Waals surface area contributed by atoms with Crippen molar-refractivity contribution < 1.29 is 14.3 Å². The van der Waals surface area contributed by atoms with Gasteiger partial charge >= 0.3 is 0 Å². The number of pyridine rings is 2. The van der Waals surface area contributed by atoms with Crippen LogP contribution in [-0.4, -0.2) is 44.9 Å². The Morgan fingerprint density at radius 3 is 2.57 bits per heavy atom. The van der Waals surface area contributed by atoms with E-state index in [2.05, 4.69) is 9.97 Å². The van der Waals surface area contributed by atoms with Crippen molar-refractivity contribution in [3.8, 4) is 5.75 Å². The Morgan fingerprint density at radius 2 is 1.78 bits per heavy atom. The summed E-state index contributed by atoms with van der Waals surface area (Å²) >= 11 is 13.5. The van der Waals surface area contributed by atoms with Crippen LogP contribution in [0.15, 0.2) is 84.2 Å². The highest BCUT2D eigenvalue weighted by Gasteiger charge is 2.64. The van der Waals surface area contributed by atoms with Crippen LogP contribution in [0.3, 0.4) is 0 Å². The number of carbonyl (C=O) groups is 1. The van der Waals surface area contributed by atoms with Gasteiger partial charge in [0.2, 0.25) is 12.1 Å². The monoisotopic (exact) mass is 533 g/mol. The van der Waals surface area contributed by atoms with Crippen molar-refractivity contribution in [1.29, 1.82) is 0 Å². The first kappa shape index (κ1) is 23.5. The third kappa shape index (κ3) is 3.59. The molecule has 0 aliphatic carbocycles. The van der Waals surface area contributed by atoms with Crippen LogP contribution in [0.4, 0.5) is 5.69 Å². The lowest BCUT2D eigenvalue weighted by Gasteiger charge is -2.56. The van der Waals surface area contributed by atoms with Gasteiger partial charge in [-0.25, -0.2) is 9.99 Å². The van der Waals surface area contributed by atoms with E-state index in [0.29, 0.717) is 22.9 Å². The SMILES string of the molecule is COc1ccccc1N1C(=O)C(Cl)C1(C)N1N=C(c2ccncc2)OC1c1cc2ccccc2nc1Cl. The number of ether oxygens (including phenoxy) is 2. The molecule has 0 radical (unpaired) electrons. The second-order valence-electron chi connectivity index (χ2n) is 8.82. The summed E-state index contributed by atoms with van der Waals surface area (Å²) < 4.78 is 12.0. The van der Waals surface area contributed by atoms with E-state index in [-0.39, 0.29) is 11.1 Å². The van der Waals surface area contributed by atoms with Gasteiger partial charge in [0.1, 0.15) is 10.9 Å². The molecule has 1 amide bonds. The fourth-order valence-corrected chi connectivity index (χ4v) is 5.31. The van der Waals surface area contributed by atoms with Gasteiger partial charge in [0.25, 0.3) is 5.91 Å². The number of para-hydroxylation sites is 3. The van der Waals surface area contributed by atoms with E-state index in [1.807, 2.05) is 55.5 Å². The molecule has 1 fully saturated rings. The predicted molar refractivity (Wildman–Crippen MR) is 142 cm³/mol. The number of aromatic nitrogens is 2. The van der Waals surface area contributed by atoms with Crippen LogP contribution in [0.25, 0.3) is 10.9 Å². The van der Waals surface area contributed by atoms with Crippen LogP contribution in [0.1, 0.15) is 24.3 Å². The van der Waals surface area contributed by atoms with Gasteiger partial charge in [-0.1, -0.05) is 41.9 Å². The lowest BCUT2D eigenvalue weighted by Crippen LogP contribution is -2.77. The van der Waals surface area contributed by atoms with Gasteiger partial charge in [-0.2, -0.15) is 0 Å². The van der Waals surface area contributed by atoms with E-state index in [1.54, 1.807) is 47.6 Å². The number of hydrazone groups is 1. The van der Waals surface area contributed by atoms with Crippen molar-refractivity contribution in [3.05, 3.63) is 95.4 Å². The molecule has 3 unspecified atom stereocenters. The minimum Gasteiger partial charge on any atom is -0.495 e. The number of anilines is 1. The molecule has 0 spiro atoms. The summed E-state index contributed by atoms with van der Waals surface area (Å²) in [5.41, 5.74) is 1.52. The second kappa shape index (κ2) is 8.90. The number of hydrogen-bond acceptors (Lipinski definition) is 7. The number of rotatable bonds is 5. The Morgan fingerprint density at radius 1 is 1.05 bits per heavy atom. The molecule has 186 valence electrons. The molecule has 37 heavy (non-hydrogen) atoms. The number of carbonyl (C=O) groups excluding carboxylic acids is 1.